The number of halogens is 2. The van der Waals surface area contributed by atoms with Crippen LogP contribution in [0.5, 0.6) is 5.75 Å². The van der Waals surface area contributed by atoms with Crippen LogP contribution in [0.1, 0.15) is 11.1 Å². The van der Waals surface area contributed by atoms with Crippen LogP contribution in [-0.2, 0) is 5.75 Å². The highest BCUT2D eigenvalue weighted by Gasteiger charge is 2.10. The van der Waals surface area contributed by atoms with E-state index in [0.717, 1.165) is 5.75 Å². The van der Waals surface area contributed by atoms with Crippen LogP contribution in [0.25, 0.3) is 11.5 Å². The molecule has 3 aromatic rings. The van der Waals surface area contributed by atoms with E-state index in [-0.39, 0.29) is 5.75 Å². The van der Waals surface area contributed by atoms with Gasteiger partial charge in [0.2, 0.25) is 5.89 Å². The van der Waals surface area contributed by atoms with Crippen molar-refractivity contribution in [2.45, 2.75) is 24.5 Å². The molecular formula is C17H14F2N2O2S. The Morgan fingerprint density at radius 2 is 1.92 bits per heavy atom. The van der Waals surface area contributed by atoms with E-state index < -0.39 is 6.61 Å². The van der Waals surface area contributed by atoms with Crippen molar-refractivity contribution in [3.8, 4) is 17.2 Å². The first kappa shape index (κ1) is 16.4. The fourth-order valence-electron chi connectivity index (χ4n) is 2.11. The zero-order chi connectivity index (χ0) is 16.9. The molecule has 0 aliphatic heterocycles. The predicted octanol–water partition coefficient (Wildman–Crippen LogP) is 4.94. The van der Waals surface area contributed by atoms with E-state index >= 15 is 0 Å². The Balaban J connectivity index is 1.64. The smallest absolute Gasteiger partial charge is 0.387 e. The molecule has 0 spiro atoms. The Labute approximate surface area is 141 Å². The van der Waals surface area contributed by atoms with Gasteiger partial charge in [-0.25, -0.2) is 0 Å². The van der Waals surface area contributed by atoms with Crippen LogP contribution < -0.4 is 4.74 Å². The Kier molecular flexibility index (Phi) is 5.10. The summed E-state index contributed by atoms with van der Waals surface area (Å²) in [7, 11) is 0. The molecular weight excluding hydrogens is 334 g/mol. The summed E-state index contributed by atoms with van der Waals surface area (Å²) in [5.41, 5.74) is 3.02. The molecule has 24 heavy (non-hydrogen) atoms. The highest BCUT2D eigenvalue weighted by atomic mass is 32.2. The number of hydrogen-bond donors (Lipinski definition) is 0. The van der Waals surface area contributed by atoms with Gasteiger partial charge in [-0.05, 0) is 36.8 Å². The second kappa shape index (κ2) is 7.44. The van der Waals surface area contributed by atoms with E-state index in [0.29, 0.717) is 16.7 Å². The van der Waals surface area contributed by atoms with Gasteiger partial charge in [-0.1, -0.05) is 41.6 Å². The third-order valence-electron chi connectivity index (χ3n) is 3.18. The van der Waals surface area contributed by atoms with E-state index in [1.807, 2.05) is 25.1 Å². The number of thioether (sulfide) groups is 1. The molecule has 0 aliphatic rings. The number of aryl methyl sites for hydroxylation is 1. The van der Waals surface area contributed by atoms with E-state index in [9.17, 15) is 8.78 Å². The first-order valence-electron chi connectivity index (χ1n) is 7.17. The topological polar surface area (TPSA) is 48.2 Å². The minimum Gasteiger partial charge on any atom is -0.435 e. The number of benzene rings is 2. The third kappa shape index (κ3) is 4.32. The van der Waals surface area contributed by atoms with Crippen LogP contribution >= 0.6 is 11.8 Å². The van der Waals surface area contributed by atoms with Crippen molar-refractivity contribution in [2.24, 2.45) is 0 Å². The van der Waals surface area contributed by atoms with Gasteiger partial charge in [-0.3, -0.25) is 0 Å². The fourth-order valence-corrected chi connectivity index (χ4v) is 2.82. The largest absolute Gasteiger partial charge is 0.435 e. The van der Waals surface area contributed by atoms with Gasteiger partial charge in [0, 0.05) is 11.3 Å². The van der Waals surface area contributed by atoms with Gasteiger partial charge in [-0.2, -0.15) is 8.78 Å². The molecule has 3 rings (SSSR count). The monoisotopic (exact) mass is 348 g/mol. The lowest BCUT2D eigenvalue weighted by Gasteiger charge is -2.03. The van der Waals surface area contributed by atoms with Gasteiger partial charge in [0.25, 0.3) is 5.22 Å². The number of hydrogen-bond acceptors (Lipinski definition) is 5. The van der Waals surface area contributed by atoms with Crippen LogP contribution in [0, 0.1) is 6.92 Å². The summed E-state index contributed by atoms with van der Waals surface area (Å²) in [4.78, 5) is 0. The molecule has 0 radical (unpaired) electrons. The van der Waals surface area contributed by atoms with E-state index in [2.05, 4.69) is 21.0 Å². The summed E-state index contributed by atoms with van der Waals surface area (Å²) >= 11 is 1.45. The zero-order valence-electron chi connectivity index (χ0n) is 12.8. The summed E-state index contributed by atoms with van der Waals surface area (Å²) in [6, 6.07) is 14.3. The molecule has 7 heteroatoms. The van der Waals surface area contributed by atoms with E-state index in [1.165, 1.54) is 35.0 Å². The number of alkyl halides is 2. The second-order valence-electron chi connectivity index (χ2n) is 5.05. The summed E-state index contributed by atoms with van der Waals surface area (Å²) < 4.78 is 34.2. The summed E-state index contributed by atoms with van der Waals surface area (Å²) in [5, 5.41) is 8.43. The molecule has 0 unspecified atom stereocenters. The molecule has 4 nitrogen and oxygen atoms in total. The van der Waals surface area contributed by atoms with Crippen molar-refractivity contribution >= 4 is 11.8 Å². The fraction of sp³-hybridized carbons (Fsp3) is 0.176. The summed E-state index contributed by atoms with van der Waals surface area (Å²) in [6.07, 6.45) is 0. The quantitative estimate of drug-likeness (QED) is 0.591. The molecule has 0 N–H and O–H groups in total. The van der Waals surface area contributed by atoms with Gasteiger partial charge in [-0.15, -0.1) is 10.2 Å². The first-order chi connectivity index (χ1) is 11.6. The molecule has 0 saturated heterocycles. The van der Waals surface area contributed by atoms with Crippen LogP contribution in [0.15, 0.2) is 58.2 Å². The molecule has 0 aliphatic carbocycles. The van der Waals surface area contributed by atoms with Crippen LogP contribution in [-0.4, -0.2) is 16.8 Å². The van der Waals surface area contributed by atoms with E-state index in [4.69, 9.17) is 4.42 Å². The predicted molar refractivity (Wildman–Crippen MR) is 87.1 cm³/mol. The molecule has 2 aromatic carbocycles. The highest BCUT2D eigenvalue weighted by molar-refractivity contribution is 7.98. The van der Waals surface area contributed by atoms with Crippen molar-refractivity contribution in [1.29, 1.82) is 0 Å². The van der Waals surface area contributed by atoms with E-state index in [1.54, 1.807) is 12.1 Å². The maximum atomic E-state index is 12.1. The lowest BCUT2D eigenvalue weighted by molar-refractivity contribution is -0.0498. The van der Waals surface area contributed by atoms with Crippen molar-refractivity contribution < 1.29 is 17.9 Å². The Morgan fingerprint density at radius 1 is 1.12 bits per heavy atom. The lowest BCUT2D eigenvalue weighted by atomic mass is 10.2. The number of nitrogens with zero attached hydrogens (tertiary/aromatic N) is 2. The molecule has 0 amide bonds. The van der Waals surface area contributed by atoms with Crippen molar-refractivity contribution in [2.75, 3.05) is 0 Å². The van der Waals surface area contributed by atoms with Crippen LogP contribution in [0.4, 0.5) is 8.78 Å². The van der Waals surface area contributed by atoms with Crippen LogP contribution in [0.2, 0.25) is 0 Å². The summed E-state index contributed by atoms with van der Waals surface area (Å²) in [5.74, 6) is 1.15. The first-order valence-corrected chi connectivity index (χ1v) is 8.16. The maximum Gasteiger partial charge on any atom is 0.387 e. The SMILES string of the molecule is Cc1cccc(CSc2nnc(-c3ccc(OC(F)F)cc3)o2)c1. The molecule has 0 fully saturated rings. The molecule has 1 heterocycles. The molecule has 124 valence electrons. The number of rotatable bonds is 6. The second-order valence-corrected chi connectivity index (χ2v) is 5.98. The van der Waals surface area contributed by atoms with Crippen molar-refractivity contribution in [3.05, 3.63) is 59.7 Å². The molecule has 0 atom stereocenters. The number of aromatic nitrogens is 2. The average Bonchev–Trinajstić information content (AvgIpc) is 3.02. The Bertz CT molecular complexity index is 806. The molecule has 0 saturated carbocycles. The van der Waals surface area contributed by atoms with Crippen LogP contribution in [0.3, 0.4) is 0 Å². The zero-order valence-corrected chi connectivity index (χ0v) is 13.6. The van der Waals surface area contributed by atoms with Crippen molar-refractivity contribution in [1.82, 2.24) is 10.2 Å². The Hall–Kier alpha value is -2.41. The highest BCUT2D eigenvalue weighted by Crippen LogP contribution is 2.27. The standard InChI is InChI=1S/C17H14F2N2O2S/c1-11-3-2-4-12(9-11)10-24-17-21-20-15(23-17)13-5-7-14(8-6-13)22-16(18)19/h2-9,16H,10H2,1H3. The normalized spacial score (nSPS) is 11.0. The Morgan fingerprint density at radius 3 is 2.62 bits per heavy atom. The maximum absolute atomic E-state index is 12.1. The average molecular weight is 348 g/mol. The minimum atomic E-state index is -2.84. The third-order valence-corrected chi connectivity index (χ3v) is 4.07. The van der Waals surface area contributed by atoms with Gasteiger partial charge in [0.05, 0.1) is 0 Å². The summed E-state index contributed by atoms with van der Waals surface area (Å²) in [6.45, 7) is -0.802. The number of ether oxygens (including phenoxy) is 1. The molecule has 0 bridgehead atoms. The van der Waals surface area contributed by atoms with Gasteiger partial charge in [0.15, 0.2) is 0 Å². The van der Waals surface area contributed by atoms with Gasteiger partial charge >= 0.3 is 6.61 Å². The van der Waals surface area contributed by atoms with Crippen molar-refractivity contribution in [3.63, 3.8) is 0 Å². The molecule has 1 aromatic heterocycles. The van der Waals surface area contributed by atoms with Gasteiger partial charge in [0.1, 0.15) is 5.75 Å². The van der Waals surface area contributed by atoms with Gasteiger partial charge < -0.3 is 9.15 Å². The minimum absolute atomic E-state index is 0.0855. The lowest BCUT2D eigenvalue weighted by Crippen LogP contribution is -2.01.